The van der Waals surface area contributed by atoms with Crippen molar-refractivity contribution in [3.63, 3.8) is 0 Å². The van der Waals surface area contributed by atoms with Gasteiger partial charge in [-0.25, -0.2) is 4.79 Å². The Morgan fingerprint density at radius 2 is 2.25 bits per heavy atom. The van der Waals surface area contributed by atoms with Crippen LogP contribution in [0.25, 0.3) is 0 Å². The fourth-order valence-corrected chi connectivity index (χ4v) is 1.67. The predicted octanol–water partition coefficient (Wildman–Crippen LogP) is 3.12. The summed E-state index contributed by atoms with van der Waals surface area (Å²) in [5.41, 5.74) is -0.0129. The average Bonchev–Trinajstić information content (AvgIpc) is 2.86. The molecule has 0 saturated heterocycles. The number of halogens is 1. The van der Waals surface area contributed by atoms with E-state index in [0.717, 1.165) is 0 Å². The first-order chi connectivity index (χ1) is 9.47. The van der Waals surface area contributed by atoms with Crippen LogP contribution in [0.1, 0.15) is 41.8 Å². The third-order valence-corrected chi connectivity index (χ3v) is 2.76. The molecule has 20 heavy (non-hydrogen) atoms. The van der Waals surface area contributed by atoms with Crippen LogP contribution in [0.2, 0.25) is 5.02 Å². The van der Waals surface area contributed by atoms with Crippen LogP contribution < -0.4 is 4.74 Å². The molecule has 0 unspecified atom stereocenters. The Kier molecular flexibility index (Phi) is 4.24. The molecule has 0 aliphatic carbocycles. The highest BCUT2D eigenvalue weighted by atomic mass is 35.5. The molecule has 0 atom stereocenters. The fraction of sp³-hybridized carbons (Fsp3) is 0.308. The van der Waals surface area contributed by atoms with Gasteiger partial charge in [0.15, 0.2) is 12.4 Å². The second-order valence-corrected chi connectivity index (χ2v) is 4.87. The molecule has 1 heterocycles. The number of ether oxygens (including phenoxy) is 1. The summed E-state index contributed by atoms with van der Waals surface area (Å²) in [6, 6.07) is 4.37. The summed E-state index contributed by atoms with van der Waals surface area (Å²) in [4.78, 5) is 15.2. The van der Waals surface area contributed by atoms with Crippen LogP contribution >= 0.6 is 11.6 Å². The van der Waals surface area contributed by atoms with Crippen molar-refractivity contribution >= 4 is 17.6 Å². The number of aromatic nitrogens is 2. The molecule has 6 nitrogen and oxygen atoms in total. The largest absolute Gasteiger partial charge is 0.483 e. The summed E-state index contributed by atoms with van der Waals surface area (Å²) in [6.45, 7) is 3.88. The van der Waals surface area contributed by atoms with Gasteiger partial charge in [0.1, 0.15) is 11.3 Å². The maximum Gasteiger partial charge on any atom is 0.339 e. The van der Waals surface area contributed by atoms with Gasteiger partial charge in [-0.3, -0.25) is 0 Å². The molecular formula is C13H13ClN2O4. The van der Waals surface area contributed by atoms with Crippen molar-refractivity contribution < 1.29 is 19.2 Å². The smallest absolute Gasteiger partial charge is 0.339 e. The second-order valence-electron chi connectivity index (χ2n) is 4.44. The van der Waals surface area contributed by atoms with Gasteiger partial charge in [0.05, 0.1) is 0 Å². The zero-order chi connectivity index (χ0) is 14.7. The van der Waals surface area contributed by atoms with Crippen molar-refractivity contribution in [1.82, 2.24) is 10.1 Å². The number of nitrogens with zero attached hydrogens (tertiary/aromatic N) is 2. The molecule has 106 valence electrons. The van der Waals surface area contributed by atoms with E-state index in [4.69, 9.17) is 26.0 Å². The van der Waals surface area contributed by atoms with E-state index in [0.29, 0.717) is 16.7 Å². The van der Waals surface area contributed by atoms with E-state index in [1.165, 1.54) is 12.1 Å². The molecule has 0 aliphatic heterocycles. The summed E-state index contributed by atoms with van der Waals surface area (Å²) < 4.78 is 10.4. The standard InChI is InChI=1S/C13H13ClN2O4/c1-7(2)12-15-11(20-16-12)6-19-10-4-3-8(14)5-9(10)13(17)18/h3-5,7H,6H2,1-2H3,(H,17,18). The third-order valence-electron chi connectivity index (χ3n) is 2.52. The highest BCUT2D eigenvalue weighted by Gasteiger charge is 2.14. The molecule has 0 radical (unpaired) electrons. The zero-order valence-corrected chi connectivity index (χ0v) is 11.7. The Hall–Kier alpha value is -2.08. The predicted molar refractivity (Wildman–Crippen MR) is 71.1 cm³/mol. The summed E-state index contributed by atoms with van der Waals surface area (Å²) in [6.07, 6.45) is 0. The monoisotopic (exact) mass is 296 g/mol. The molecule has 2 aromatic rings. The van der Waals surface area contributed by atoms with Gasteiger partial charge in [-0.15, -0.1) is 0 Å². The number of carboxylic acids is 1. The quantitative estimate of drug-likeness (QED) is 0.912. The van der Waals surface area contributed by atoms with Crippen LogP contribution in [-0.2, 0) is 6.61 Å². The van der Waals surface area contributed by atoms with E-state index < -0.39 is 5.97 Å². The number of rotatable bonds is 5. The molecule has 1 aromatic carbocycles. The molecule has 0 aliphatic rings. The maximum absolute atomic E-state index is 11.1. The maximum atomic E-state index is 11.1. The first-order valence-corrected chi connectivity index (χ1v) is 6.33. The normalized spacial score (nSPS) is 10.8. The van der Waals surface area contributed by atoms with Crippen LogP contribution in [-0.4, -0.2) is 21.2 Å². The van der Waals surface area contributed by atoms with Gasteiger partial charge in [0.2, 0.25) is 0 Å². The van der Waals surface area contributed by atoms with E-state index in [-0.39, 0.29) is 23.8 Å². The van der Waals surface area contributed by atoms with Crippen molar-refractivity contribution in [2.75, 3.05) is 0 Å². The van der Waals surface area contributed by atoms with Gasteiger partial charge >= 0.3 is 5.97 Å². The minimum absolute atomic E-state index is 0.00162. The second kappa shape index (κ2) is 5.92. The Morgan fingerprint density at radius 3 is 2.85 bits per heavy atom. The Labute approximate surface area is 120 Å². The van der Waals surface area contributed by atoms with E-state index >= 15 is 0 Å². The molecule has 0 fully saturated rings. The summed E-state index contributed by atoms with van der Waals surface area (Å²) >= 11 is 5.76. The first kappa shape index (κ1) is 14.3. The SMILES string of the molecule is CC(C)c1noc(COc2ccc(Cl)cc2C(=O)O)n1. The fourth-order valence-electron chi connectivity index (χ4n) is 1.50. The van der Waals surface area contributed by atoms with Gasteiger partial charge in [0.25, 0.3) is 5.89 Å². The molecule has 1 N–H and O–H groups in total. The number of hydrogen-bond donors (Lipinski definition) is 1. The summed E-state index contributed by atoms with van der Waals surface area (Å²) in [5, 5.41) is 13.2. The number of hydrogen-bond acceptors (Lipinski definition) is 5. The highest BCUT2D eigenvalue weighted by Crippen LogP contribution is 2.23. The summed E-state index contributed by atoms with van der Waals surface area (Å²) in [7, 11) is 0. The molecule has 0 spiro atoms. The number of aromatic carboxylic acids is 1. The third kappa shape index (κ3) is 3.27. The lowest BCUT2D eigenvalue weighted by Crippen LogP contribution is -2.03. The highest BCUT2D eigenvalue weighted by molar-refractivity contribution is 6.31. The molecule has 0 bridgehead atoms. The minimum atomic E-state index is -1.11. The molecule has 1 aromatic heterocycles. The van der Waals surface area contributed by atoms with Gasteiger partial charge in [-0.2, -0.15) is 4.98 Å². The number of carbonyl (C=O) groups is 1. The van der Waals surface area contributed by atoms with Crippen LogP contribution in [0.15, 0.2) is 22.7 Å². The van der Waals surface area contributed by atoms with Gasteiger partial charge in [-0.1, -0.05) is 30.6 Å². The van der Waals surface area contributed by atoms with Crippen LogP contribution in [0, 0.1) is 0 Å². The average molecular weight is 297 g/mol. The topological polar surface area (TPSA) is 85.5 Å². The molecule has 7 heteroatoms. The zero-order valence-electron chi connectivity index (χ0n) is 11.0. The molecular weight excluding hydrogens is 284 g/mol. The van der Waals surface area contributed by atoms with E-state index in [2.05, 4.69) is 10.1 Å². The van der Waals surface area contributed by atoms with Gasteiger partial charge in [-0.05, 0) is 18.2 Å². The lowest BCUT2D eigenvalue weighted by Gasteiger charge is -2.07. The van der Waals surface area contributed by atoms with Crippen molar-refractivity contribution in [1.29, 1.82) is 0 Å². The van der Waals surface area contributed by atoms with Crippen molar-refractivity contribution in [3.8, 4) is 5.75 Å². The Morgan fingerprint density at radius 1 is 1.50 bits per heavy atom. The lowest BCUT2D eigenvalue weighted by molar-refractivity contribution is 0.0691. The van der Waals surface area contributed by atoms with Crippen LogP contribution in [0.3, 0.4) is 0 Å². The van der Waals surface area contributed by atoms with Crippen molar-refractivity contribution in [2.45, 2.75) is 26.4 Å². The lowest BCUT2D eigenvalue weighted by atomic mass is 10.2. The van der Waals surface area contributed by atoms with Crippen molar-refractivity contribution in [2.24, 2.45) is 0 Å². The van der Waals surface area contributed by atoms with Crippen molar-refractivity contribution in [3.05, 3.63) is 40.5 Å². The van der Waals surface area contributed by atoms with E-state index in [1.807, 2.05) is 13.8 Å². The number of benzene rings is 1. The van der Waals surface area contributed by atoms with Crippen LogP contribution in [0.5, 0.6) is 5.75 Å². The number of carboxylic acid groups (broad SMARTS) is 1. The first-order valence-electron chi connectivity index (χ1n) is 5.95. The van der Waals surface area contributed by atoms with E-state index in [9.17, 15) is 4.79 Å². The Balaban J connectivity index is 2.12. The molecule has 0 saturated carbocycles. The van der Waals surface area contributed by atoms with Crippen LogP contribution in [0.4, 0.5) is 0 Å². The van der Waals surface area contributed by atoms with Gasteiger partial charge in [0, 0.05) is 10.9 Å². The van der Waals surface area contributed by atoms with E-state index in [1.54, 1.807) is 6.07 Å². The molecule has 0 amide bonds. The van der Waals surface area contributed by atoms with Gasteiger partial charge < -0.3 is 14.4 Å². The Bertz CT molecular complexity index is 625. The molecule has 2 rings (SSSR count). The minimum Gasteiger partial charge on any atom is -0.483 e. The summed E-state index contributed by atoms with van der Waals surface area (Å²) in [5.74, 6) is 0.109.